The van der Waals surface area contributed by atoms with Crippen LogP contribution >= 0.6 is 0 Å². The first-order valence-electron chi connectivity index (χ1n) is 7.02. The van der Waals surface area contributed by atoms with Crippen molar-refractivity contribution < 1.29 is 9.53 Å². The van der Waals surface area contributed by atoms with Crippen molar-refractivity contribution in [1.82, 2.24) is 15.1 Å². The SMILES string of the molecule is CCC1OCCC1CNc1ccc(C(=O)N(C)C)nn1. The Labute approximate surface area is 119 Å². The van der Waals surface area contributed by atoms with E-state index < -0.39 is 0 Å². The molecule has 0 radical (unpaired) electrons. The Bertz CT molecular complexity index is 447. The van der Waals surface area contributed by atoms with Crippen LogP contribution in [-0.2, 0) is 4.74 Å². The molecular formula is C14H22N4O2. The lowest BCUT2D eigenvalue weighted by Gasteiger charge is -2.17. The normalized spacial score (nSPS) is 21.8. The van der Waals surface area contributed by atoms with Crippen molar-refractivity contribution in [1.29, 1.82) is 0 Å². The van der Waals surface area contributed by atoms with Crippen LogP contribution in [0.15, 0.2) is 12.1 Å². The van der Waals surface area contributed by atoms with Gasteiger partial charge in [-0.25, -0.2) is 0 Å². The van der Waals surface area contributed by atoms with Crippen LogP contribution in [0.25, 0.3) is 0 Å². The maximum Gasteiger partial charge on any atom is 0.273 e. The fourth-order valence-corrected chi connectivity index (χ4v) is 2.38. The Hall–Kier alpha value is -1.69. The van der Waals surface area contributed by atoms with Gasteiger partial charge in [0.1, 0.15) is 5.82 Å². The standard InChI is InChI=1S/C14H22N4O2/c1-4-12-10(7-8-20-12)9-15-13-6-5-11(16-17-13)14(19)18(2)3/h5-6,10,12H,4,7-9H2,1-3H3,(H,15,17). The average Bonchev–Trinajstić information content (AvgIpc) is 2.92. The van der Waals surface area contributed by atoms with E-state index in [0.717, 1.165) is 26.0 Å². The van der Waals surface area contributed by atoms with E-state index in [9.17, 15) is 4.79 Å². The number of anilines is 1. The van der Waals surface area contributed by atoms with Gasteiger partial charge in [-0.05, 0) is 25.0 Å². The molecule has 2 atom stereocenters. The number of rotatable bonds is 5. The van der Waals surface area contributed by atoms with E-state index in [1.165, 1.54) is 4.90 Å². The molecule has 2 heterocycles. The number of carbonyl (C=O) groups excluding carboxylic acids is 1. The summed E-state index contributed by atoms with van der Waals surface area (Å²) in [6, 6.07) is 3.49. The first-order valence-corrected chi connectivity index (χ1v) is 7.02. The predicted octanol–water partition coefficient (Wildman–Crippen LogP) is 1.41. The zero-order valence-electron chi connectivity index (χ0n) is 12.3. The second-order valence-electron chi connectivity index (χ2n) is 5.25. The number of nitrogens with one attached hydrogen (secondary N) is 1. The molecule has 0 saturated carbocycles. The Morgan fingerprint density at radius 3 is 2.85 bits per heavy atom. The molecule has 20 heavy (non-hydrogen) atoms. The third kappa shape index (κ3) is 3.45. The van der Waals surface area contributed by atoms with E-state index in [4.69, 9.17) is 4.74 Å². The molecule has 110 valence electrons. The Morgan fingerprint density at radius 2 is 2.25 bits per heavy atom. The minimum Gasteiger partial charge on any atom is -0.378 e. The first-order chi connectivity index (χ1) is 9.61. The van der Waals surface area contributed by atoms with Gasteiger partial charge in [-0.15, -0.1) is 10.2 Å². The van der Waals surface area contributed by atoms with Gasteiger partial charge in [0.25, 0.3) is 5.91 Å². The van der Waals surface area contributed by atoms with Gasteiger partial charge in [-0.2, -0.15) is 0 Å². The maximum absolute atomic E-state index is 11.7. The summed E-state index contributed by atoms with van der Waals surface area (Å²) in [7, 11) is 3.39. The molecule has 0 bridgehead atoms. The van der Waals surface area contributed by atoms with Gasteiger partial charge < -0.3 is 15.0 Å². The van der Waals surface area contributed by atoms with E-state index in [1.807, 2.05) is 0 Å². The number of nitrogens with zero attached hydrogens (tertiary/aromatic N) is 3. The fraction of sp³-hybridized carbons (Fsp3) is 0.643. The van der Waals surface area contributed by atoms with Crippen molar-refractivity contribution in [2.24, 2.45) is 5.92 Å². The van der Waals surface area contributed by atoms with Gasteiger partial charge in [-0.3, -0.25) is 4.79 Å². The van der Waals surface area contributed by atoms with Crippen molar-refractivity contribution >= 4 is 11.7 Å². The first kappa shape index (κ1) is 14.7. The molecule has 1 N–H and O–H groups in total. The van der Waals surface area contributed by atoms with Crippen LogP contribution in [0, 0.1) is 5.92 Å². The Morgan fingerprint density at radius 1 is 1.45 bits per heavy atom. The molecule has 1 aliphatic rings. The predicted molar refractivity (Wildman–Crippen MR) is 76.7 cm³/mol. The van der Waals surface area contributed by atoms with Gasteiger partial charge >= 0.3 is 0 Å². The van der Waals surface area contributed by atoms with Gasteiger partial charge in [-0.1, -0.05) is 6.92 Å². The van der Waals surface area contributed by atoms with Gasteiger partial charge in [0.05, 0.1) is 6.10 Å². The molecular weight excluding hydrogens is 256 g/mol. The minimum absolute atomic E-state index is 0.140. The van der Waals surface area contributed by atoms with Crippen LogP contribution in [0.5, 0.6) is 0 Å². The molecule has 2 unspecified atom stereocenters. The fourth-order valence-electron chi connectivity index (χ4n) is 2.38. The third-order valence-electron chi connectivity index (χ3n) is 3.58. The second-order valence-corrected chi connectivity index (χ2v) is 5.25. The average molecular weight is 278 g/mol. The van der Waals surface area contributed by atoms with Crippen LogP contribution in [0.1, 0.15) is 30.3 Å². The number of hydrogen-bond donors (Lipinski definition) is 1. The highest BCUT2D eigenvalue weighted by Crippen LogP contribution is 2.23. The van der Waals surface area contributed by atoms with Crippen molar-refractivity contribution in [2.75, 3.05) is 32.6 Å². The summed E-state index contributed by atoms with van der Waals surface area (Å²) in [6.45, 7) is 3.81. The highest BCUT2D eigenvalue weighted by Gasteiger charge is 2.26. The molecule has 1 saturated heterocycles. The van der Waals surface area contributed by atoms with Crippen LogP contribution in [0.2, 0.25) is 0 Å². The molecule has 0 spiro atoms. The van der Waals surface area contributed by atoms with Crippen LogP contribution in [0.4, 0.5) is 5.82 Å². The molecule has 1 amide bonds. The molecule has 1 aromatic rings. The number of hydrogen-bond acceptors (Lipinski definition) is 5. The lowest BCUT2D eigenvalue weighted by molar-refractivity contribution is 0.0821. The van der Waals surface area contributed by atoms with Gasteiger partial charge in [0.15, 0.2) is 5.69 Å². The summed E-state index contributed by atoms with van der Waals surface area (Å²) in [5.41, 5.74) is 0.358. The molecule has 0 aromatic carbocycles. The summed E-state index contributed by atoms with van der Waals surface area (Å²) >= 11 is 0. The van der Waals surface area contributed by atoms with Crippen molar-refractivity contribution in [3.63, 3.8) is 0 Å². The van der Waals surface area contributed by atoms with Crippen molar-refractivity contribution in [3.8, 4) is 0 Å². The molecule has 6 nitrogen and oxygen atoms in total. The summed E-state index contributed by atoms with van der Waals surface area (Å²) in [6.07, 6.45) is 2.45. The van der Waals surface area contributed by atoms with Crippen LogP contribution in [0.3, 0.4) is 0 Å². The Balaban J connectivity index is 1.89. The summed E-state index contributed by atoms with van der Waals surface area (Å²) in [4.78, 5) is 13.2. The molecule has 0 aliphatic carbocycles. The topological polar surface area (TPSA) is 67.3 Å². The summed E-state index contributed by atoms with van der Waals surface area (Å²) in [5, 5.41) is 11.3. The summed E-state index contributed by atoms with van der Waals surface area (Å²) in [5.74, 6) is 1.08. The molecule has 1 aliphatic heterocycles. The maximum atomic E-state index is 11.7. The second kappa shape index (κ2) is 6.65. The number of amides is 1. The molecule has 2 rings (SSSR count). The summed E-state index contributed by atoms with van der Waals surface area (Å²) < 4.78 is 5.65. The molecule has 6 heteroatoms. The molecule has 1 aromatic heterocycles. The van der Waals surface area contributed by atoms with Crippen molar-refractivity contribution in [3.05, 3.63) is 17.8 Å². The monoisotopic (exact) mass is 278 g/mol. The number of ether oxygens (including phenoxy) is 1. The smallest absolute Gasteiger partial charge is 0.273 e. The third-order valence-corrected chi connectivity index (χ3v) is 3.58. The Kier molecular flexibility index (Phi) is 4.89. The van der Waals surface area contributed by atoms with E-state index in [-0.39, 0.29) is 5.91 Å². The molecule has 1 fully saturated rings. The highest BCUT2D eigenvalue weighted by molar-refractivity contribution is 5.91. The lowest BCUT2D eigenvalue weighted by atomic mass is 10.00. The number of aromatic nitrogens is 2. The van der Waals surface area contributed by atoms with E-state index in [1.54, 1.807) is 26.2 Å². The van der Waals surface area contributed by atoms with Crippen LogP contribution < -0.4 is 5.32 Å². The van der Waals surface area contributed by atoms with E-state index in [0.29, 0.717) is 23.5 Å². The highest BCUT2D eigenvalue weighted by atomic mass is 16.5. The van der Waals surface area contributed by atoms with Gasteiger partial charge in [0.2, 0.25) is 0 Å². The number of carbonyl (C=O) groups is 1. The van der Waals surface area contributed by atoms with E-state index in [2.05, 4.69) is 22.4 Å². The zero-order valence-corrected chi connectivity index (χ0v) is 12.3. The minimum atomic E-state index is -0.140. The lowest BCUT2D eigenvalue weighted by Crippen LogP contribution is -2.24. The van der Waals surface area contributed by atoms with Crippen molar-refractivity contribution in [2.45, 2.75) is 25.9 Å². The largest absolute Gasteiger partial charge is 0.378 e. The quantitative estimate of drug-likeness (QED) is 0.882. The zero-order chi connectivity index (χ0) is 14.5. The van der Waals surface area contributed by atoms with Crippen LogP contribution in [-0.4, -0.2) is 54.4 Å². The van der Waals surface area contributed by atoms with Gasteiger partial charge in [0, 0.05) is 33.2 Å². The van der Waals surface area contributed by atoms with E-state index >= 15 is 0 Å².